The van der Waals surface area contributed by atoms with Crippen LogP contribution in [0, 0.1) is 0 Å². The van der Waals surface area contributed by atoms with Crippen LogP contribution in [0.25, 0.3) is 0 Å². The second kappa shape index (κ2) is 9.71. The number of esters is 1. The summed E-state index contributed by atoms with van der Waals surface area (Å²) in [5.41, 5.74) is 1.48. The number of carbonyl (C=O) groups excluding carboxylic acids is 3. The van der Waals surface area contributed by atoms with Gasteiger partial charge in [0.2, 0.25) is 0 Å². The molecule has 1 N–H and O–H groups in total. The van der Waals surface area contributed by atoms with Crippen LogP contribution in [0.2, 0.25) is 0 Å². The van der Waals surface area contributed by atoms with Crippen molar-refractivity contribution in [3.05, 3.63) is 95.6 Å². The summed E-state index contributed by atoms with van der Waals surface area (Å²) in [6.07, 6.45) is 1.91. The van der Waals surface area contributed by atoms with E-state index < -0.39 is 18.5 Å². The Morgan fingerprint density at radius 1 is 0.828 bits per heavy atom. The fraction of sp³-hybridized carbons (Fsp3) is 0.0870. The van der Waals surface area contributed by atoms with Crippen LogP contribution in [0.1, 0.15) is 26.3 Å². The average Bonchev–Trinajstić information content (AvgIpc) is 2.78. The van der Waals surface area contributed by atoms with E-state index in [1.54, 1.807) is 48.5 Å². The molecule has 0 spiro atoms. The van der Waals surface area contributed by atoms with Crippen LogP contribution in [0.3, 0.4) is 0 Å². The summed E-state index contributed by atoms with van der Waals surface area (Å²) in [6.45, 7) is -0.449. The standard InChI is InChI=1S/C23H19NO4S/c1-29-20-14-8-7-13-19(20)24-21(25)15-28-23(27)18-12-6-5-11-17(18)22(26)16-9-3-2-4-10-16/h2-14H,15H2,1H3,(H,24,25). The van der Waals surface area contributed by atoms with Crippen molar-refractivity contribution in [3.8, 4) is 0 Å². The molecule has 3 aromatic rings. The summed E-state index contributed by atoms with van der Waals surface area (Å²) in [7, 11) is 0. The van der Waals surface area contributed by atoms with Crippen molar-refractivity contribution < 1.29 is 19.1 Å². The van der Waals surface area contributed by atoms with Gasteiger partial charge in [-0.25, -0.2) is 4.79 Å². The maximum atomic E-state index is 12.7. The quantitative estimate of drug-likeness (QED) is 0.358. The van der Waals surface area contributed by atoms with Crippen LogP contribution < -0.4 is 5.32 Å². The van der Waals surface area contributed by atoms with Crippen molar-refractivity contribution in [2.24, 2.45) is 0 Å². The Hall–Kier alpha value is -3.38. The number of thioether (sulfide) groups is 1. The zero-order valence-corrected chi connectivity index (χ0v) is 16.6. The highest BCUT2D eigenvalue weighted by molar-refractivity contribution is 7.98. The van der Waals surface area contributed by atoms with Crippen LogP contribution >= 0.6 is 11.8 Å². The molecule has 0 saturated carbocycles. The molecule has 29 heavy (non-hydrogen) atoms. The van der Waals surface area contributed by atoms with Crippen molar-refractivity contribution in [3.63, 3.8) is 0 Å². The third-order valence-electron chi connectivity index (χ3n) is 4.14. The second-order valence-electron chi connectivity index (χ2n) is 6.07. The van der Waals surface area contributed by atoms with Gasteiger partial charge in [0.1, 0.15) is 0 Å². The Morgan fingerprint density at radius 2 is 1.45 bits per heavy atom. The Bertz CT molecular complexity index is 1030. The highest BCUT2D eigenvalue weighted by Crippen LogP contribution is 2.24. The molecule has 146 valence electrons. The van der Waals surface area contributed by atoms with Crippen molar-refractivity contribution in [1.29, 1.82) is 0 Å². The Morgan fingerprint density at radius 3 is 2.17 bits per heavy atom. The molecule has 0 unspecified atom stereocenters. The topological polar surface area (TPSA) is 72.5 Å². The average molecular weight is 405 g/mol. The fourth-order valence-electron chi connectivity index (χ4n) is 2.75. The van der Waals surface area contributed by atoms with E-state index in [1.165, 1.54) is 17.8 Å². The van der Waals surface area contributed by atoms with Gasteiger partial charge in [0.25, 0.3) is 5.91 Å². The molecule has 0 atom stereocenters. The normalized spacial score (nSPS) is 10.2. The van der Waals surface area contributed by atoms with E-state index in [2.05, 4.69) is 5.32 Å². The molecule has 0 bridgehead atoms. The summed E-state index contributed by atoms with van der Waals surface area (Å²) < 4.78 is 5.15. The summed E-state index contributed by atoms with van der Waals surface area (Å²) >= 11 is 1.50. The summed E-state index contributed by atoms with van der Waals surface area (Å²) in [5, 5.41) is 2.73. The van der Waals surface area contributed by atoms with E-state index in [1.807, 2.05) is 30.5 Å². The van der Waals surface area contributed by atoms with E-state index in [9.17, 15) is 14.4 Å². The minimum atomic E-state index is -0.724. The molecular weight excluding hydrogens is 386 g/mol. The van der Waals surface area contributed by atoms with Gasteiger partial charge < -0.3 is 10.1 Å². The van der Waals surface area contributed by atoms with Crippen LogP contribution in [0.5, 0.6) is 0 Å². The number of benzene rings is 3. The van der Waals surface area contributed by atoms with E-state index in [-0.39, 0.29) is 16.9 Å². The van der Waals surface area contributed by atoms with Crippen molar-refractivity contribution in [2.75, 3.05) is 18.2 Å². The van der Waals surface area contributed by atoms with E-state index in [4.69, 9.17) is 4.74 Å². The number of ether oxygens (including phenoxy) is 1. The van der Waals surface area contributed by atoms with Gasteiger partial charge in [-0.05, 0) is 24.5 Å². The maximum Gasteiger partial charge on any atom is 0.339 e. The first-order valence-corrected chi connectivity index (χ1v) is 10.1. The Kier molecular flexibility index (Phi) is 6.81. The van der Waals surface area contributed by atoms with Crippen molar-refractivity contribution in [2.45, 2.75) is 4.90 Å². The molecule has 3 rings (SSSR count). The van der Waals surface area contributed by atoms with E-state index in [0.717, 1.165) is 4.90 Å². The molecular formula is C23H19NO4S. The third kappa shape index (κ3) is 5.12. The lowest BCUT2D eigenvalue weighted by molar-refractivity contribution is -0.119. The molecule has 3 aromatic carbocycles. The van der Waals surface area contributed by atoms with Gasteiger partial charge in [0.15, 0.2) is 12.4 Å². The van der Waals surface area contributed by atoms with Gasteiger partial charge in [-0.15, -0.1) is 11.8 Å². The van der Waals surface area contributed by atoms with Crippen LogP contribution in [0.15, 0.2) is 83.8 Å². The third-order valence-corrected chi connectivity index (χ3v) is 4.94. The number of anilines is 1. The SMILES string of the molecule is CSc1ccccc1NC(=O)COC(=O)c1ccccc1C(=O)c1ccccc1. The second-order valence-corrected chi connectivity index (χ2v) is 6.91. The molecule has 0 aliphatic carbocycles. The first-order chi connectivity index (χ1) is 14.1. The van der Waals surface area contributed by atoms with Gasteiger partial charge in [-0.1, -0.05) is 60.7 Å². The highest BCUT2D eigenvalue weighted by Gasteiger charge is 2.20. The molecule has 6 heteroatoms. The highest BCUT2D eigenvalue weighted by atomic mass is 32.2. The van der Waals surface area contributed by atoms with Gasteiger partial charge in [-0.3, -0.25) is 9.59 Å². The lowest BCUT2D eigenvalue weighted by atomic mass is 9.98. The van der Waals surface area contributed by atoms with Gasteiger partial charge in [0, 0.05) is 16.0 Å². The smallest absolute Gasteiger partial charge is 0.339 e. The molecule has 0 aliphatic heterocycles. The van der Waals surface area contributed by atoms with Crippen molar-refractivity contribution >= 4 is 35.1 Å². The number of nitrogens with one attached hydrogen (secondary N) is 1. The minimum absolute atomic E-state index is 0.124. The van der Waals surface area contributed by atoms with E-state index in [0.29, 0.717) is 11.3 Å². The predicted molar refractivity (Wildman–Crippen MR) is 113 cm³/mol. The summed E-state index contributed by atoms with van der Waals surface area (Å²) in [4.78, 5) is 38.4. The molecule has 0 radical (unpaired) electrons. The number of ketones is 1. The monoisotopic (exact) mass is 405 g/mol. The van der Waals surface area contributed by atoms with Crippen molar-refractivity contribution in [1.82, 2.24) is 0 Å². The maximum absolute atomic E-state index is 12.7. The zero-order valence-electron chi connectivity index (χ0n) is 15.8. The fourth-order valence-corrected chi connectivity index (χ4v) is 3.30. The minimum Gasteiger partial charge on any atom is -0.452 e. The first-order valence-electron chi connectivity index (χ1n) is 8.89. The lowest BCUT2D eigenvalue weighted by Gasteiger charge is -2.11. The molecule has 0 saturated heterocycles. The molecule has 0 fully saturated rings. The largest absolute Gasteiger partial charge is 0.452 e. The predicted octanol–water partition coefficient (Wildman–Crippen LogP) is 4.44. The molecule has 0 aromatic heterocycles. The first kappa shape index (κ1) is 20.4. The zero-order chi connectivity index (χ0) is 20.6. The van der Waals surface area contributed by atoms with Gasteiger partial charge in [0.05, 0.1) is 11.3 Å². The number of hydrogen-bond acceptors (Lipinski definition) is 5. The van der Waals surface area contributed by atoms with Crippen LogP contribution in [0.4, 0.5) is 5.69 Å². The number of amides is 1. The Balaban J connectivity index is 1.68. The molecule has 0 heterocycles. The van der Waals surface area contributed by atoms with Gasteiger partial charge >= 0.3 is 5.97 Å². The van der Waals surface area contributed by atoms with Crippen LogP contribution in [-0.2, 0) is 9.53 Å². The van der Waals surface area contributed by atoms with Crippen LogP contribution in [-0.4, -0.2) is 30.5 Å². The number of para-hydroxylation sites is 1. The lowest BCUT2D eigenvalue weighted by Crippen LogP contribution is -2.22. The molecule has 1 amide bonds. The summed E-state index contributed by atoms with van der Waals surface area (Å²) in [5.74, 6) is -1.46. The Labute approximate surface area is 173 Å². The molecule has 5 nitrogen and oxygen atoms in total. The van der Waals surface area contributed by atoms with E-state index >= 15 is 0 Å². The number of carbonyl (C=O) groups is 3. The summed E-state index contributed by atoms with van der Waals surface area (Å²) in [6, 6.07) is 22.4. The number of hydrogen-bond donors (Lipinski definition) is 1. The van der Waals surface area contributed by atoms with Gasteiger partial charge in [-0.2, -0.15) is 0 Å². The molecule has 0 aliphatic rings. The number of rotatable bonds is 7.